The highest BCUT2D eigenvalue weighted by atomic mass is 16.5. The van der Waals surface area contributed by atoms with Crippen LogP contribution in [0.2, 0.25) is 0 Å². The molecule has 2 rings (SSSR count). The van der Waals surface area contributed by atoms with Crippen LogP contribution in [-0.4, -0.2) is 38.2 Å². The summed E-state index contributed by atoms with van der Waals surface area (Å²) in [4.78, 5) is 23.9. The molecule has 0 saturated heterocycles. The van der Waals surface area contributed by atoms with Crippen LogP contribution >= 0.6 is 0 Å². The molecule has 1 aliphatic carbocycles. The molecule has 6 heteroatoms. The SMILES string of the molecule is COc1cc2c(c(OC)c1OC)C(=O)CC(C)C2C(=O)O. The van der Waals surface area contributed by atoms with E-state index >= 15 is 0 Å². The standard InChI is InChI=1S/C15H18O6/c1-7-5-9(16)12-8(11(7)15(17)18)6-10(19-2)13(20-3)14(12)21-4/h6-7,11H,5H2,1-4H3,(H,17,18). The Balaban J connectivity index is 2.80. The molecule has 1 aromatic rings. The number of aliphatic carboxylic acids is 1. The van der Waals surface area contributed by atoms with Gasteiger partial charge in [0.15, 0.2) is 17.3 Å². The number of carbonyl (C=O) groups is 2. The smallest absolute Gasteiger partial charge is 0.311 e. The van der Waals surface area contributed by atoms with Crippen molar-refractivity contribution in [3.05, 3.63) is 17.2 Å². The van der Waals surface area contributed by atoms with Crippen LogP contribution in [-0.2, 0) is 4.79 Å². The molecule has 1 aliphatic rings. The van der Waals surface area contributed by atoms with E-state index in [1.54, 1.807) is 13.0 Å². The molecule has 0 amide bonds. The third-order valence-electron chi connectivity index (χ3n) is 3.82. The molecule has 0 spiro atoms. The van der Waals surface area contributed by atoms with Gasteiger partial charge in [-0.2, -0.15) is 0 Å². The summed E-state index contributed by atoms with van der Waals surface area (Å²) in [5, 5.41) is 9.47. The number of ether oxygens (including phenoxy) is 3. The van der Waals surface area contributed by atoms with Gasteiger partial charge in [0.25, 0.3) is 0 Å². The molecular weight excluding hydrogens is 276 g/mol. The van der Waals surface area contributed by atoms with Gasteiger partial charge in [0.1, 0.15) is 0 Å². The number of methoxy groups -OCH3 is 3. The van der Waals surface area contributed by atoms with Crippen LogP contribution in [0.25, 0.3) is 0 Å². The van der Waals surface area contributed by atoms with E-state index in [2.05, 4.69) is 0 Å². The maximum atomic E-state index is 12.3. The molecule has 0 fully saturated rings. The highest BCUT2D eigenvalue weighted by molar-refractivity contribution is 6.05. The van der Waals surface area contributed by atoms with Gasteiger partial charge >= 0.3 is 5.97 Å². The van der Waals surface area contributed by atoms with Crippen molar-refractivity contribution >= 4 is 11.8 Å². The van der Waals surface area contributed by atoms with E-state index in [-0.39, 0.29) is 29.4 Å². The van der Waals surface area contributed by atoms with E-state index in [9.17, 15) is 14.7 Å². The number of carboxylic acids is 1. The minimum atomic E-state index is -0.967. The zero-order valence-corrected chi connectivity index (χ0v) is 12.4. The largest absolute Gasteiger partial charge is 0.493 e. The third kappa shape index (κ3) is 2.30. The lowest BCUT2D eigenvalue weighted by molar-refractivity contribution is -0.140. The monoisotopic (exact) mass is 294 g/mol. The summed E-state index contributed by atoms with van der Waals surface area (Å²) in [6, 6.07) is 1.56. The summed E-state index contributed by atoms with van der Waals surface area (Å²) in [5.41, 5.74) is 0.696. The fourth-order valence-electron chi connectivity index (χ4n) is 2.90. The van der Waals surface area contributed by atoms with Crippen molar-refractivity contribution in [3.8, 4) is 17.2 Å². The summed E-state index contributed by atoms with van der Waals surface area (Å²) in [6.07, 6.45) is 0.163. The molecule has 2 atom stereocenters. The van der Waals surface area contributed by atoms with Gasteiger partial charge < -0.3 is 19.3 Å². The van der Waals surface area contributed by atoms with Crippen LogP contribution in [0.5, 0.6) is 17.2 Å². The quantitative estimate of drug-likeness (QED) is 0.915. The first-order valence-corrected chi connectivity index (χ1v) is 6.55. The molecule has 0 aromatic heterocycles. The van der Waals surface area contributed by atoms with Crippen LogP contribution in [0.15, 0.2) is 6.07 Å². The Kier molecular flexibility index (Phi) is 4.06. The number of ketones is 1. The normalized spacial score (nSPS) is 20.7. The Bertz CT molecular complexity index is 592. The molecular formula is C15H18O6. The van der Waals surface area contributed by atoms with Gasteiger partial charge in [-0.25, -0.2) is 0 Å². The summed E-state index contributed by atoms with van der Waals surface area (Å²) >= 11 is 0. The zero-order valence-electron chi connectivity index (χ0n) is 12.4. The molecule has 0 radical (unpaired) electrons. The second kappa shape index (κ2) is 5.63. The second-order valence-electron chi connectivity index (χ2n) is 5.03. The molecule has 0 aliphatic heterocycles. The first kappa shape index (κ1) is 15.2. The van der Waals surface area contributed by atoms with Crippen molar-refractivity contribution in [3.63, 3.8) is 0 Å². The second-order valence-corrected chi connectivity index (χ2v) is 5.03. The number of fused-ring (bicyclic) bond motifs is 1. The minimum Gasteiger partial charge on any atom is -0.493 e. The Morgan fingerprint density at radius 2 is 1.81 bits per heavy atom. The summed E-state index contributed by atoms with van der Waals surface area (Å²) < 4.78 is 15.8. The number of carbonyl (C=O) groups excluding carboxylic acids is 1. The lowest BCUT2D eigenvalue weighted by Crippen LogP contribution is -2.29. The molecule has 114 valence electrons. The van der Waals surface area contributed by atoms with Gasteiger partial charge in [-0.1, -0.05) is 6.92 Å². The number of carboxylic acid groups (broad SMARTS) is 1. The maximum absolute atomic E-state index is 12.3. The molecule has 21 heavy (non-hydrogen) atoms. The molecule has 2 unspecified atom stereocenters. The minimum absolute atomic E-state index is 0.146. The van der Waals surface area contributed by atoms with Crippen LogP contribution in [0.1, 0.15) is 35.2 Å². The fourth-order valence-corrected chi connectivity index (χ4v) is 2.90. The summed E-state index contributed by atoms with van der Waals surface area (Å²) in [5.74, 6) is -1.29. The van der Waals surface area contributed by atoms with Crippen molar-refractivity contribution < 1.29 is 28.9 Å². The van der Waals surface area contributed by atoms with Crippen molar-refractivity contribution in [2.24, 2.45) is 5.92 Å². The maximum Gasteiger partial charge on any atom is 0.311 e. The first-order valence-electron chi connectivity index (χ1n) is 6.55. The fraction of sp³-hybridized carbons (Fsp3) is 0.467. The van der Waals surface area contributed by atoms with Crippen LogP contribution in [0.4, 0.5) is 0 Å². The summed E-state index contributed by atoms with van der Waals surface area (Å²) in [7, 11) is 4.31. The van der Waals surface area contributed by atoms with Crippen molar-refractivity contribution in [2.75, 3.05) is 21.3 Å². The first-order chi connectivity index (χ1) is 9.96. The van der Waals surface area contributed by atoms with Crippen molar-refractivity contribution in [1.82, 2.24) is 0 Å². The van der Waals surface area contributed by atoms with Gasteiger partial charge in [-0.15, -0.1) is 0 Å². The number of hydrogen-bond acceptors (Lipinski definition) is 5. The van der Waals surface area contributed by atoms with Gasteiger partial charge in [-0.05, 0) is 17.5 Å². The highest BCUT2D eigenvalue weighted by Crippen LogP contribution is 2.48. The Hall–Kier alpha value is -2.24. The number of rotatable bonds is 4. The molecule has 0 heterocycles. The van der Waals surface area contributed by atoms with E-state index in [1.165, 1.54) is 21.3 Å². The predicted molar refractivity (Wildman–Crippen MR) is 74.6 cm³/mol. The van der Waals surface area contributed by atoms with Crippen molar-refractivity contribution in [2.45, 2.75) is 19.3 Å². The van der Waals surface area contributed by atoms with Crippen LogP contribution < -0.4 is 14.2 Å². The lowest BCUT2D eigenvalue weighted by atomic mass is 9.74. The molecule has 0 saturated carbocycles. The van der Waals surface area contributed by atoms with Crippen molar-refractivity contribution in [1.29, 1.82) is 0 Å². The van der Waals surface area contributed by atoms with E-state index < -0.39 is 11.9 Å². The number of benzene rings is 1. The van der Waals surface area contributed by atoms with Crippen LogP contribution in [0.3, 0.4) is 0 Å². The Morgan fingerprint density at radius 1 is 1.19 bits per heavy atom. The van der Waals surface area contributed by atoms with Crippen LogP contribution in [0, 0.1) is 5.92 Å². The van der Waals surface area contributed by atoms with E-state index in [0.29, 0.717) is 17.1 Å². The molecule has 1 aromatic carbocycles. The topological polar surface area (TPSA) is 82.1 Å². The molecule has 6 nitrogen and oxygen atoms in total. The highest BCUT2D eigenvalue weighted by Gasteiger charge is 2.40. The van der Waals surface area contributed by atoms with E-state index in [1.807, 2.05) is 0 Å². The van der Waals surface area contributed by atoms with Gasteiger partial charge in [0, 0.05) is 6.42 Å². The third-order valence-corrected chi connectivity index (χ3v) is 3.82. The Morgan fingerprint density at radius 3 is 2.29 bits per heavy atom. The van der Waals surface area contributed by atoms with Gasteiger partial charge in [0.05, 0.1) is 32.8 Å². The number of hydrogen-bond donors (Lipinski definition) is 1. The predicted octanol–water partition coefficient (Wildman–Crippen LogP) is 2.10. The average molecular weight is 294 g/mol. The lowest BCUT2D eigenvalue weighted by Gasteiger charge is -2.29. The summed E-state index contributed by atoms with van der Waals surface area (Å²) in [6.45, 7) is 1.75. The van der Waals surface area contributed by atoms with E-state index in [4.69, 9.17) is 14.2 Å². The van der Waals surface area contributed by atoms with Gasteiger partial charge in [0.2, 0.25) is 5.75 Å². The Labute approximate surface area is 122 Å². The average Bonchev–Trinajstić information content (AvgIpc) is 2.44. The number of Topliss-reactive ketones (excluding diaryl/α,β-unsaturated/α-hetero) is 1. The van der Waals surface area contributed by atoms with E-state index in [0.717, 1.165) is 0 Å². The molecule has 1 N–H and O–H groups in total. The zero-order chi connectivity index (χ0) is 15.7. The molecule has 0 bridgehead atoms. The van der Waals surface area contributed by atoms with Gasteiger partial charge in [-0.3, -0.25) is 9.59 Å².